The Morgan fingerprint density at radius 3 is 1.64 bits per heavy atom. The third kappa shape index (κ3) is 42.2. The fourth-order valence-corrected chi connectivity index (χ4v) is 0.417. The normalized spacial score (nSPS) is 6.29. The van der Waals surface area contributed by atoms with Crippen molar-refractivity contribution < 1.29 is 4.79 Å². The van der Waals surface area contributed by atoms with Crippen LogP contribution in [0.2, 0.25) is 0 Å². The molecular weight excluding hydrogens is 176 g/mol. The van der Waals surface area contributed by atoms with Crippen LogP contribution in [-0.2, 0) is 4.79 Å². The number of nitrogens with one attached hydrogen (secondary N) is 1. The molecule has 0 spiro atoms. The van der Waals surface area contributed by atoms with Crippen molar-refractivity contribution in [1.82, 2.24) is 5.32 Å². The highest BCUT2D eigenvalue weighted by Crippen LogP contribution is 1.71. The summed E-state index contributed by atoms with van der Waals surface area (Å²) in [5, 5.41) is 2.63. The molecule has 0 saturated heterocycles. The van der Waals surface area contributed by atoms with Gasteiger partial charge in [-0.3, -0.25) is 4.79 Å². The van der Waals surface area contributed by atoms with Gasteiger partial charge in [0.15, 0.2) is 0 Å². The molecule has 0 aromatic carbocycles. The molecule has 3 N–H and O–H groups in total. The molecule has 0 fully saturated rings. The summed E-state index contributed by atoms with van der Waals surface area (Å²) in [4.78, 5) is 10.5. The monoisotopic (exact) mass is 206 g/mol. The van der Waals surface area contributed by atoms with Crippen LogP contribution < -0.4 is 11.1 Å². The van der Waals surface area contributed by atoms with Crippen LogP contribution in [0, 0.1) is 0 Å². The van der Waals surface area contributed by atoms with Crippen molar-refractivity contribution in [1.29, 1.82) is 0 Å². The van der Waals surface area contributed by atoms with Gasteiger partial charge in [0.2, 0.25) is 5.91 Å². The Hall–Kier alpha value is -0.570. The highest BCUT2D eigenvalue weighted by molar-refractivity contribution is 5.75. The third-order valence-electron chi connectivity index (χ3n) is 0.745. The van der Waals surface area contributed by atoms with E-state index < -0.39 is 0 Å². The zero-order chi connectivity index (χ0) is 12.4. The molecule has 0 saturated carbocycles. The van der Waals surface area contributed by atoms with Crippen molar-refractivity contribution in [2.75, 3.05) is 13.1 Å². The predicted molar refractivity (Wildman–Crippen MR) is 66.4 cm³/mol. The van der Waals surface area contributed by atoms with Crippen LogP contribution in [0.1, 0.15) is 54.9 Å². The standard InChI is InChI=1S/C5H12N2O.3C2H6/c1-2-7-5(8)3-4-6;3*1-2/h2-4,6H2,1H3,(H,7,8);3*1-2H3. The summed E-state index contributed by atoms with van der Waals surface area (Å²) >= 11 is 0. The van der Waals surface area contributed by atoms with Gasteiger partial charge in [0.1, 0.15) is 0 Å². The second kappa shape index (κ2) is 39.3. The predicted octanol–water partition coefficient (Wildman–Crippen LogP) is 2.55. The van der Waals surface area contributed by atoms with Crippen LogP contribution in [0.3, 0.4) is 0 Å². The van der Waals surface area contributed by atoms with Gasteiger partial charge >= 0.3 is 0 Å². The molecule has 0 aliphatic rings. The summed E-state index contributed by atoms with van der Waals surface area (Å²) in [5.41, 5.74) is 5.10. The Morgan fingerprint density at radius 1 is 1.07 bits per heavy atom. The van der Waals surface area contributed by atoms with Crippen molar-refractivity contribution >= 4 is 5.91 Å². The SMILES string of the molecule is CC.CC.CC.CCNC(=O)CCN. The van der Waals surface area contributed by atoms with Crippen LogP contribution >= 0.6 is 0 Å². The molecule has 0 radical (unpaired) electrons. The largest absolute Gasteiger partial charge is 0.356 e. The molecule has 0 bridgehead atoms. The number of rotatable bonds is 3. The number of hydrogen-bond donors (Lipinski definition) is 2. The van der Waals surface area contributed by atoms with Crippen LogP contribution in [-0.4, -0.2) is 19.0 Å². The first-order valence-electron chi connectivity index (χ1n) is 5.78. The van der Waals surface area contributed by atoms with E-state index in [0.29, 0.717) is 19.5 Å². The molecule has 0 unspecified atom stereocenters. The average Bonchev–Trinajstić information content (AvgIpc) is 2.27. The smallest absolute Gasteiger partial charge is 0.221 e. The Balaban J connectivity index is -0.0000000708. The lowest BCUT2D eigenvalue weighted by Crippen LogP contribution is -2.24. The van der Waals surface area contributed by atoms with Crippen LogP contribution in [0.15, 0.2) is 0 Å². The number of amides is 1. The van der Waals surface area contributed by atoms with Gasteiger partial charge in [-0.05, 0) is 6.92 Å². The van der Waals surface area contributed by atoms with E-state index in [-0.39, 0.29) is 5.91 Å². The summed E-state index contributed by atoms with van der Waals surface area (Å²) < 4.78 is 0. The molecule has 3 nitrogen and oxygen atoms in total. The molecule has 0 heterocycles. The van der Waals surface area contributed by atoms with E-state index in [1.54, 1.807) is 0 Å². The van der Waals surface area contributed by atoms with Crippen LogP contribution in [0.25, 0.3) is 0 Å². The van der Waals surface area contributed by atoms with E-state index in [0.717, 1.165) is 0 Å². The second-order valence-electron chi connectivity index (χ2n) is 1.49. The molecule has 0 aromatic rings. The fraction of sp³-hybridized carbons (Fsp3) is 0.909. The summed E-state index contributed by atoms with van der Waals surface area (Å²) in [7, 11) is 0. The third-order valence-corrected chi connectivity index (χ3v) is 0.745. The van der Waals surface area contributed by atoms with Gasteiger partial charge in [0.25, 0.3) is 0 Å². The first kappa shape index (κ1) is 23.3. The molecule has 0 rings (SSSR count). The summed E-state index contributed by atoms with van der Waals surface area (Å²) in [5.74, 6) is 0.0370. The van der Waals surface area contributed by atoms with Crippen LogP contribution in [0.4, 0.5) is 0 Å². The fourth-order valence-electron chi connectivity index (χ4n) is 0.417. The van der Waals surface area contributed by atoms with Gasteiger partial charge < -0.3 is 11.1 Å². The Morgan fingerprint density at radius 2 is 1.43 bits per heavy atom. The Bertz CT molecular complexity index is 67.7. The quantitative estimate of drug-likeness (QED) is 0.745. The topological polar surface area (TPSA) is 55.1 Å². The zero-order valence-electron chi connectivity index (χ0n) is 11.1. The number of hydrogen-bond acceptors (Lipinski definition) is 2. The molecule has 90 valence electrons. The van der Waals surface area contributed by atoms with Gasteiger partial charge in [0.05, 0.1) is 0 Å². The van der Waals surface area contributed by atoms with Crippen molar-refractivity contribution in [3.8, 4) is 0 Å². The van der Waals surface area contributed by atoms with Gasteiger partial charge in [-0.2, -0.15) is 0 Å². The van der Waals surface area contributed by atoms with Crippen LogP contribution in [0.5, 0.6) is 0 Å². The van der Waals surface area contributed by atoms with E-state index in [2.05, 4.69) is 5.32 Å². The van der Waals surface area contributed by atoms with Crippen molar-refractivity contribution in [3.63, 3.8) is 0 Å². The first-order chi connectivity index (χ1) is 6.81. The molecule has 0 aliphatic carbocycles. The highest BCUT2D eigenvalue weighted by Gasteiger charge is 1.92. The minimum atomic E-state index is 0.0370. The zero-order valence-corrected chi connectivity index (χ0v) is 11.1. The number of carbonyl (C=O) groups excluding carboxylic acids is 1. The van der Waals surface area contributed by atoms with Gasteiger partial charge in [-0.1, -0.05) is 41.5 Å². The highest BCUT2D eigenvalue weighted by atomic mass is 16.1. The minimum Gasteiger partial charge on any atom is -0.356 e. The van der Waals surface area contributed by atoms with Crippen molar-refractivity contribution in [3.05, 3.63) is 0 Å². The van der Waals surface area contributed by atoms with Gasteiger partial charge in [-0.15, -0.1) is 0 Å². The van der Waals surface area contributed by atoms with Crippen molar-refractivity contribution in [2.24, 2.45) is 5.73 Å². The molecule has 0 aromatic heterocycles. The summed E-state index contributed by atoms with van der Waals surface area (Å²) in [6.07, 6.45) is 0.438. The summed E-state index contributed by atoms with van der Waals surface area (Å²) in [6.45, 7) is 15.0. The first-order valence-corrected chi connectivity index (χ1v) is 5.78. The van der Waals surface area contributed by atoms with E-state index in [1.165, 1.54) is 0 Å². The summed E-state index contributed by atoms with van der Waals surface area (Å²) in [6, 6.07) is 0. The van der Waals surface area contributed by atoms with E-state index in [9.17, 15) is 4.79 Å². The maximum Gasteiger partial charge on any atom is 0.221 e. The molecule has 0 atom stereocenters. The average molecular weight is 206 g/mol. The number of nitrogens with two attached hydrogens (primary N) is 1. The molecule has 3 heteroatoms. The second-order valence-corrected chi connectivity index (χ2v) is 1.49. The Kier molecular flexibility index (Phi) is 65.5. The lowest BCUT2D eigenvalue weighted by Gasteiger charge is -1.96. The lowest BCUT2D eigenvalue weighted by atomic mass is 10.4. The molecular formula is C11H30N2O. The van der Waals surface area contributed by atoms with E-state index in [1.807, 2.05) is 48.5 Å². The lowest BCUT2D eigenvalue weighted by molar-refractivity contribution is -0.120. The van der Waals surface area contributed by atoms with E-state index >= 15 is 0 Å². The number of carbonyl (C=O) groups is 1. The minimum absolute atomic E-state index is 0.0370. The van der Waals surface area contributed by atoms with Gasteiger partial charge in [-0.25, -0.2) is 0 Å². The van der Waals surface area contributed by atoms with E-state index in [4.69, 9.17) is 5.73 Å². The molecule has 0 aliphatic heterocycles. The van der Waals surface area contributed by atoms with Gasteiger partial charge in [0, 0.05) is 19.5 Å². The molecule has 14 heavy (non-hydrogen) atoms. The van der Waals surface area contributed by atoms with Crippen molar-refractivity contribution in [2.45, 2.75) is 54.9 Å². The maximum absolute atomic E-state index is 10.5. The molecule has 1 amide bonds. The Labute approximate surface area is 90.5 Å². The maximum atomic E-state index is 10.5.